The topological polar surface area (TPSA) is 42.0 Å². The summed E-state index contributed by atoms with van der Waals surface area (Å²) in [6.07, 6.45) is 0. The van der Waals surface area contributed by atoms with Crippen LogP contribution in [-0.2, 0) is 0 Å². The minimum atomic E-state index is -0.134. The number of aryl methyl sites for hydroxylation is 1. The van der Waals surface area contributed by atoms with Gasteiger partial charge in [0.1, 0.15) is 5.52 Å². The van der Waals surface area contributed by atoms with E-state index in [0.29, 0.717) is 10.6 Å². The van der Waals surface area contributed by atoms with Crippen molar-refractivity contribution >= 4 is 44.7 Å². The Bertz CT molecular complexity index is 797. The van der Waals surface area contributed by atoms with Gasteiger partial charge in [-0.15, -0.1) is 11.3 Å². The number of amides is 1. The van der Waals surface area contributed by atoms with Gasteiger partial charge in [0.2, 0.25) is 0 Å². The van der Waals surface area contributed by atoms with E-state index in [-0.39, 0.29) is 5.91 Å². The molecule has 1 heterocycles. The van der Waals surface area contributed by atoms with Crippen molar-refractivity contribution in [2.45, 2.75) is 6.92 Å². The van der Waals surface area contributed by atoms with E-state index in [0.717, 1.165) is 21.5 Å². The zero-order chi connectivity index (χ0) is 14.1. The summed E-state index contributed by atoms with van der Waals surface area (Å²) in [5.74, 6) is -0.134. The second kappa shape index (κ2) is 5.23. The lowest BCUT2D eigenvalue weighted by atomic mass is 10.1. The molecule has 0 aliphatic carbocycles. The van der Waals surface area contributed by atoms with E-state index in [2.05, 4.69) is 10.3 Å². The first-order valence-electron chi connectivity index (χ1n) is 6.05. The van der Waals surface area contributed by atoms with E-state index in [1.165, 1.54) is 11.3 Å². The van der Waals surface area contributed by atoms with E-state index in [9.17, 15) is 4.79 Å². The number of fused-ring (bicyclic) bond motifs is 1. The molecule has 0 radical (unpaired) electrons. The average Bonchev–Trinajstić information content (AvgIpc) is 2.92. The predicted octanol–water partition coefficient (Wildman–Crippen LogP) is 4.51. The van der Waals surface area contributed by atoms with Crippen molar-refractivity contribution in [3.05, 3.63) is 58.1 Å². The molecule has 0 spiro atoms. The lowest BCUT2D eigenvalue weighted by Gasteiger charge is -2.07. The third-order valence-corrected chi connectivity index (χ3v) is 4.13. The summed E-state index contributed by atoms with van der Waals surface area (Å²) < 4.78 is 0.888. The second-order valence-electron chi connectivity index (χ2n) is 4.45. The number of hydrogen-bond acceptors (Lipinski definition) is 3. The fourth-order valence-electron chi connectivity index (χ4n) is 2.00. The maximum Gasteiger partial charge on any atom is 0.255 e. The molecule has 0 unspecified atom stereocenters. The number of nitrogens with one attached hydrogen (secondary N) is 1. The van der Waals surface area contributed by atoms with E-state index in [1.807, 2.05) is 25.1 Å². The first-order valence-corrected chi connectivity index (χ1v) is 7.30. The van der Waals surface area contributed by atoms with Crippen molar-refractivity contribution in [2.24, 2.45) is 0 Å². The number of thiazole rings is 1. The summed E-state index contributed by atoms with van der Waals surface area (Å²) in [6.45, 7) is 1.96. The number of halogens is 1. The smallest absolute Gasteiger partial charge is 0.255 e. The molecule has 0 fully saturated rings. The van der Waals surface area contributed by atoms with Gasteiger partial charge in [-0.05, 0) is 31.2 Å². The number of nitrogens with zero attached hydrogens (tertiary/aromatic N) is 1. The fraction of sp³-hybridized carbons (Fsp3) is 0.0667. The van der Waals surface area contributed by atoms with E-state index < -0.39 is 0 Å². The van der Waals surface area contributed by atoms with Crippen molar-refractivity contribution in [2.75, 3.05) is 5.32 Å². The standard InChI is InChI=1S/C15H11ClN2OS/c1-9-3-2-4-10(7-9)15(19)18-12-6-5-11(16)13-14(12)20-8-17-13/h2-8H,1H3,(H,18,19). The van der Waals surface area contributed by atoms with Gasteiger partial charge in [-0.1, -0.05) is 29.3 Å². The summed E-state index contributed by atoms with van der Waals surface area (Å²) >= 11 is 7.53. The number of aromatic nitrogens is 1. The summed E-state index contributed by atoms with van der Waals surface area (Å²) in [5, 5.41) is 3.51. The van der Waals surface area contributed by atoms with Crippen LogP contribution in [0.5, 0.6) is 0 Å². The molecule has 0 bridgehead atoms. The fourth-order valence-corrected chi connectivity index (χ4v) is 3.04. The normalized spacial score (nSPS) is 10.7. The first kappa shape index (κ1) is 13.1. The van der Waals surface area contributed by atoms with Crippen LogP contribution in [0.4, 0.5) is 5.69 Å². The van der Waals surface area contributed by atoms with Gasteiger partial charge >= 0.3 is 0 Å². The molecular formula is C15H11ClN2OS. The maximum absolute atomic E-state index is 12.3. The minimum Gasteiger partial charge on any atom is -0.321 e. The molecule has 5 heteroatoms. The van der Waals surface area contributed by atoms with Crippen LogP contribution in [0.1, 0.15) is 15.9 Å². The SMILES string of the molecule is Cc1cccc(C(=O)Nc2ccc(Cl)c3ncsc23)c1. The van der Waals surface area contributed by atoms with Gasteiger partial charge in [0.15, 0.2) is 0 Å². The number of hydrogen-bond donors (Lipinski definition) is 1. The molecule has 0 atom stereocenters. The molecule has 3 nitrogen and oxygen atoms in total. The Morgan fingerprint density at radius 2 is 2.15 bits per heavy atom. The van der Waals surface area contributed by atoms with Crippen LogP contribution in [-0.4, -0.2) is 10.9 Å². The number of benzene rings is 2. The molecule has 1 amide bonds. The Kier molecular flexibility index (Phi) is 3.42. The zero-order valence-corrected chi connectivity index (χ0v) is 12.3. The van der Waals surface area contributed by atoms with E-state index in [4.69, 9.17) is 11.6 Å². The van der Waals surface area contributed by atoms with Gasteiger partial charge in [-0.25, -0.2) is 4.98 Å². The monoisotopic (exact) mass is 302 g/mol. The zero-order valence-electron chi connectivity index (χ0n) is 10.7. The Hall–Kier alpha value is -1.91. The largest absolute Gasteiger partial charge is 0.321 e. The van der Waals surface area contributed by atoms with Crippen molar-refractivity contribution in [3.63, 3.8) is 0 Å². The Morgan fingerprint density at radius 1 is 1.30 bits per heavy atom. The number of rotatable bonds is 2. The Labute approximate surface area is 125 Å². The predicted molar refractivity (Wildman–Crippen MR) is 83.8 cm³/mol. The summed E-state index contributed by atoms with van der Waals surface area (Å²) in [6, 6.07) is 11.0. The molecule has 100 valence electrons. The molecule has 0 aliphatic heterocycles. The second-order valence-corrected chi connectivity index (χ2v) is 5.71. The highest BCUT2D eigenvalue weighted by molar-refractivity contribution is 7.17. The van der Waals surface area contributed by atoms with Crippen LogP contribution < -0.4 is 5.32 Å². The number of carbonyl (C=O) groups is 1. The first-order chi connectivity index (χ1) is 9.65. The van der Waals surface area contributed by atoms with Gasteiger partial charge in [0, 0.05) is 5.56 Å². The van der Waals surface area contributed by atoms with Crippen LogP contribution in [0, 0.1) is 6.92 Å². The van der Waals surface area contributed by atoms with Crippen molar-refractivity contribution in [1.29, 1.82) is 0 Å². The average molecular weight is 303 g/mol. The van der Waals surface area contributed by atoms with Crippen LogP contribution in [0.2, 0.25) is 5.02 Å². The molecule has 20 heavy (non-hydrogen) atoms. The van der Waals surface area contributed by atoms with Crippen LogP contribution in [0.15, 0.2) is 41.9 Å². The molecule has 3 aromatic rings. The van der Waals surface area contributed by atoms with Gasteiger partial charge in [0.05, 0.1) is 20.9 Å². The van der Waals surface area contributed by atoms with E-state index >= 15 is 0 Å². The highest BCUT2D eigenvalue weighted by Gasteiger charge is 2.11. The third-order valence-electron chi connectivity index (χ3n) is 2.96. The minimum absolute atomic E-state index is 0.134. The summed E-state index contributed by atoms with van der Waals surface area (Å²) in [7, 11) is 0. The summed E-state index contributed by atoms with van der Waals surface area (Å²) in [4.78, 5) is 16.5. The Balaban J connectivity index is 1.95. The molecule has 1 aromatic heterocycles. The molecule has 2 aromatic carbocycles. The number of carbonyl (C=O) groups excluding carboxylic acids is 1. The van der Waals surface area contributed by atoms with Crippen LogP contribution in [0.3, 0.4) is 0 Å². The molecule has 0 saturated heterocycles. The highest BCUT2D eigenvalue weighted by Crippen LogP contribution is 2.32. The quantitative estimate of drug-likeness (QED) is 0.756. The van der Waals surface area contributed by atoms with Crippen LogP contribution >= 0.6 is 22.9 Å². The molecule has 1 N–H and O–H groups in total. The molecule has 0 saturated carbocycles. The lowest BCUT2D eigenvalue weighted by Crippen LogP contribution is -2.12. The molecule has 0 aliphatic rings. The Morgan fingerprint density at radius 3 is 2.95 bits per heavy atom. The van der Waals surface area contributed by atoms with Gasteiger partial charge in [-0.2, -0.15) is 0 Å². The highest BCUT2D eigenvalue weighted by atomic mass is 35.5. The van der Waals surface area contributed by atoms with Crippen LogP contribution in [0.25, 0.3) is 10.2 Å². The van der Waals surface area contributed by atoms with Gasteiger partial charge in [-0.3, -0.25) is 4.79 Å². The van der Waals surface area contributed by atoms with Gasteiger partial charge < -0.3 is 5.32 Å². The lowest BCUT2D eigenvalue weighted by molar-refractivity contribution is 0.102. The third kappa shape index (κ3) is 2.40. The maximum atomic E-state index is 12.3. The van der Waals surface area contributed by atoms with Crippen molar-refractivity contribution < 1.29 is 4.79 Å². The molecule has 3 rings (SSSR count). The summed E-state index contributed by atoms with van der Waals surface area (Å²) in [5.41, 5.74) is 4.87. The van der Waals surface area contributed by atoms with Crippen molar-refractivity contribution in [1.82, 2.24) is 4.98 Å². The van der Waals surface area contributed by atoms with E-state index in [1.54, 1.807) is 23.7 Å². The molecular weight excluding hydrogens is 292 g/mol. The van der Waals surface area contributed by atoms with Gasteiger partial charge in [0.25, 0.3) is 5.91 Å². The van der Waals surface area contributed by atoms with Crippen molar-refractivity contribution in [3.8, 4) is 0 Å². The number of anilines is 1.